The van der Waals surface area contributed by atoms with E-state index in [0.29, 0.717) is 67.2 Å². The highest BCUT2D eigenvalue weighted by molar-refractivity contribution is 7.00. The van der Waals surface area contributed by atoms with Gasteiger partial charge in [0, 0.05) is 72.4 Å². The molecule has 478 valence electrons. The van der Waals surface area contributed by atoms with Crippen LogP contribution in [0, 0.1) is 0 Å². The van der Waals surface area contributed by atoms with Crippen molar-refractivity contribution < 1.29 is 30.2 Å². The lowest BCUT2D eigenvalue weighted by molar-refractivity contribution is 0.590. The zero-order valence-corrected chi connectivity index (χ0v) is 57.4. The summed E-state index contributed by atoms with van der Waals surface area (Å²) >= 11 is 0. The predicted octanol–water partition coefficient (Wildman–Crippen LogP) is 23.5. The van der Waals surface area contributed by atoms with Crippen molar-refractivity contribution in [3.8, 4) is 44.8 Å². The predicted molar refractivity (Wildman–Crippen MR) is 419 cm³/mol. The Morgan fingerprint density at radius 1 is 0.299 bits per heavy atom. The number of anilines is 6. The fourth-order valence-electron chi connectivity index (χ4n) is 14.0. The van der Waals surface area contributed by atoms with E-state index < -0.39 is 189 Å². The molecule has 0 bridgehead atoms. The van der Waals surface area contributed by atoms with Crippen molar-refractivity contribution >= 4 is 101 Å². The molecule has 0 N–H and O–H groups in total. The van der Waals surface area contributed by atoms with Gasteiger partial charge >= 0.3 is 0 Å². The summed E-state index contributed by atoms with van der Waals surface area (Å²) in [6.07, 6.45) is 0. The summed E-state index contributed by atoms with van der Waals surface area (Å²) in [6, 6.07) is 24.7. The molecule has 14 aromatic rings. The Labute approximate surface area is 605 Å². The summed E-state index contributed by atoms with van der Waals surface area (Å²) in [4.78, 5) is 3.76. The molecule has 5 heteroatoms. The third-order valence-electron chi connectivity index (χ3n) is 19.4. The Morgan fingerprint density at radius 3 is 1.06 bits per heavy atom. The van der Waals surface area contributed by atoms with Gasteiger partial charge in [0.1, 0.15) is 0 Å². The Kier molecular flexibility index (Phi) is 9.57. The van der Waals surface area contributed by atoms with Gasteiger partial charge in [0.15, 0.2) is 0 Å². The van der Waals surface area contributed by atoms with Crippen molar-refractivity contribution in [2.24, 2.45) is 0 Å². The Hall–Kier alpha value is -10.1. The van der Waals surface area contributed by atoms with Crippen LogP contribution in [0.1, 0.15) is 162 Å². The second-order valence-corrected chi connectivity index (χ2v) is 31.0. The summed E-state index contributed by atoms with van der Waals surface area (Å²) < 4.78 is 221. The quantitative estimate of drug-likeness (QED) is 0.148. The summed E-state index contributed by atoms with van der Waals surface area (Å²) in [6.45, 7) is 29.8. The lowest BCUT2D eigenvalue weighted by atomic mass is 9.33. The highest BCUT2D eigenvalue weighted by atomic mass is 15.2. The first-order chi connectivity index (χ1) is 55.5. The van der Waals surface area contributed by atoms with Crippen LogP contribution in [0.3, 0.4) is 0 Å². The van der Waals surface area contributed by atoms with E-state index in [4.69, 9.17) is 5.48 Å². The lowest BCUT2D eigenvalue weighted by Gasteiger charge is -2.46. The van der Waals surface area contributed by atoms with Crippen LogP contribution in [-0.4, -0.2) is 15.8 Å². The van der Waals surface area contributed by atoms with Crippen LogP contribution in [0.15, 0.2) is 254 Å². The van der Waals surface area contributed by atoms with Gasteiger partial charge in [-0.1, -0.05) is 273 Å². The average Bonchev–Trinajstić information content (AvgIpc) is 0.997. The summed E-state index contributed by atoms with van der Waals surface area (Å²) in [5, 5.41) is -1.37. The maximum atomic E-state index is 11.8. The van der Waals surface area contributed by atoms with Gasteiger partial charge in [-0.05, 0) is 173 Å². The Morgan fingerprint density at radius 2 is 0.649 bits per heavy atom. The normalized spacial score (nSPS) is 16.6. The number of aromatic nitrogens is 2. The highest BCUT2D eigenvalue weighted by Gasteiger charge is 2.46. The number of hydrogen-bond donors (Lipinski definition) is 0. The summed E-state index contributed by atoms with van der Waals surface area (Å²) in [5.74, 6) is 0. The van der Waals surface area contributed by atoms with Gasteiger partial charge in [0.25, 0.3) is 6.71 Å². The van der Waals surface area contributed by atoms with Crippen molar-refractivity contribution in [2.75, 3.05) is 9.80 Å². The van der Waals surface area contributed by atoms with Crippen molar-refractivity contribution in [3.63, 3.8) is 0 Å². The molecule has 2 aliphatic rings. The molecule has 0 spiro atoms. The van der Waals surface area contributed by atoms with Crippen molar-refractivity contribution in [1.82, 2.24) is 9.13 Å². The topological polar surface area (TPSA) is 16.3 Å². The van der Waals surface area contributed by atoms with Crippen LogP contribution in [0.5, 0.6) is 0 Å². The van der Waals surface area contributed by atoms with Crippen molar-refractivity contribution in [3.05, 3.63) is 282 Å². The van der Waals surface area contributed by atoms with Gasteiger partial charge in [-0.2, -0.15) is 0 Å². The number of para-hydroxylation sites is 4. The largest absolute Gasteiger partial charge is 0.311 e. The minimum Gasteiger partial charge on any atom is -0.311 e. The third kappa shape index (κ3) is 10.2. The third-order valence-corrected chi connectivity index (χ3v) is 19.4. The van der Waals surface area contributed by atoms with E-state index in [-0.39, 0.29) is 54.7 Å². The minimum atomic E-state index is -1.61. The molecule has 0 aliphatic carbocycles. The Bertz CT molecular complexity index is 6600. The second kappa shape index (κ2) is 22.2. The first kappa shape index (κ1) is 41.8. The Balaban J connectivity index is 1.20. The molecule has 0 amide bonds. The van der Waals surface area contributed by atoms with Gasteiger partial charge in [-0.25, -0.2) is 0 Å². The molecule has 2 aliphatic heterocycles. The van der Waals surface area contributed by atoms with E-state index in [0.717, 1.165) is 31.4 Å². The minimum absolute atomic E-state index is 0.135. The van der Waals surface area contributed by atoms with E-state index in [9.17, 15) is 24.7 Å². The molecule has 0 radical (unpaired) electrons. The lowest BCUT2D eigenvalue weighted by Crippen LogP contribution is -2.61. The van der Waals surface area contributed by atoms with E-state index in [1.165, 1.54) is 0 Å². The fraction of sp³-hybridized carbons (Fsp3) is 0.217. The average molecular weight is 1280 g/mol. The van der Waals surface area contributed by atoms with E-state index in [2.05, 4.69) is 150 Å². The second-order valence-electron chi connectivity index (χ2n) is 31.0. The molecule has 0 fully saturated rings. The van der Waals surface area contributed by atoms with Gasteiger partial charge in [-0.3, -0.25) is 0 Å². The molecule has 0 unspecified atom stereocenters. The zero-order chi connectivity index (χ0) is 86.6. The number of hydrogen-bond acceptors (Lipinski definition) is 2. The molecular formula is C92H87BN4. The fourth-order valence-corrected chi connectivity index (χ4v) is 14.0. The van der Waals surface area contributed by atoms with Crippen LogP contribution >= 0.6 is 0 Å². The molecule has 4 nitrogen and oxygen atoms in total. The summed E-state index contributed by atoms with van der Waals surface area (Å²) in [5.41, 5.74) is 4.37. The van der Waals surface area contributed by atoms with Crippen molar-refractivity contribution in [1.29, 1.82) is 0 Å². The number of nitrogens with zero attached hydrogens (tertiary/aromatic N) is 4. The molecular weight excluding hydrogens is 1170 g/mol. The highest BCUT2D eigenvalue weighted by Crippen LogP contribution is 2.54. The number of rotatable bonds is 7. The molecule has 0 saturated heterocycles. The monoisotopic (exact) mass is 1280 g/mol. The van der Waals surface area contributed by atoms with E-state index >= 15 is 0 Å². The van der Waals surface area contributed by atoms with Crippen LogP contribution in [-0.2, 0) is 27.1 Å². The molecule has 16 rings (SSSR count). The molecule has 12 aromatic carbocycles. The standard InChI is InChI=1S/C92H87BN4/c1-88(2,3)61-41-37-59(38-42-61)73-52-64(91(10,11)12)53-74(60-39-43-62(44-40-60)89(4,5)6)87(73)97-83-57-67(95-79-35-25-21-31-70(79)71-32-22-26-36-80(71)95)47-49-76(83)93-75-48-46-66(94-77-33-23-19-29-68(77)69-30-20-24-34-78(69)94)56-82(75)96(84-54-65(92(13,14)15)55-85(97)86(84)93)81-50-45-63(90(7,8)9)51-72(81)58-27-17-16-18-28-58/h16-57H,1-15H3/i19D,20D,21D,22D,23D,24D,25D,26D,29D,30D,31D,32D,33D,34D,35D,36D,46D,47D,48D,49D,56D,57D. The van der Waals surface area contributed by atoms with E-state index in [1.807, 2.05) is 85.2 Å². The van der Waals surface area contributed by atoms with Gasteiger partial charge in [0.05, 0.1) is 63.6 Å². The van der Waals surface area contributed by atoms with E-state index in [1.54, 1.807) is 0 Å². The molecule has 0 atom stereocenters. The number of fused-ring (bicyclic) bond motifs is 10. The van der Waals surface area contributed by atoms with Crippen LogP contribution in [0.2, 0.25) is 0 Å². The van der Waals surface area contributed by atoms with Crippen LogP contribution in [0.25, 0.3) is 88.4 Å². The first-order valence-corrected chi connectivity index (χ1v) is 33.2. The SMILES string of the molecule is [2H]c1c([2H])c(-n2c3c([2H])c([2H])c([2H])c([2H])c3c3c([2H])c([2H])c([2H])c([2H])c32)c([2H])c2c1B1c3c(cc(C(C)(C)C)cc3N(c3c(-c4ccc(C(C)(C)C)cc4)cc(C(C)(C)C)cc3-c3ccc(C(C)(C)C)cc3)c3c([2H])c(-n4c5c([2H])c([2H])c([2H])c([2H])c5c5c([2H])c([2H])c([2H])c([2H])c54)c([2H])c([2H])c31)N2c1ccc(C(C)(C)C)cc1-c1ccccc1. The molecule has 4 heterocycles. The maximum absolute atomic E-state index is 11.8. The van der Waals surface area contributed by atoms with Crippen molar-refractivity contribution in [2.45, 2.75) is 131 Å². The van der Waals surface area contributed by atoms with Crippen LogP contribution < -0.4 is 26.2 Å². The van der Waals surface area contributed by atoms with Gasteiger partial charge < -0.3 is 18.9 Å². The van der Waals surface area contributed by atoms with Crippen LogP contribution in [0.4, 0.5) is 34.1 Å². The maximum Gasteiger partial charge on any atom is 0.252 e. The smallest absolute Gasteiger partial charge is 0.252 e. The van der Waals surface area contributed by atoms with Gasteiger partial charge in [-0.15, -0.1) is 0 Å². The first-order valence-electron chi connectivity index (χ1n) is 44.2. The number of benzene rings is 12. The van der Waals surface area contributed by atoms with Gasteiger partial charge in [0.2, 0.25) is 0 Å². The zero-order valence-electron chi connectivity index (χ0n) is 79.4. The molecule has 97 heavy (non-hydrogen) atoms. The molecule has 0 saturated carbocycles. The molecule has 2 aromatic heterocycles. The summed E-state index contributed by atoms with van der Waals surface area (Å²) in [7, 11) is 0.